The number of benzene rings is 1. The van der Waals surface area contributed by atoms with E-state index in [1.165, 1.54) is 5.30 Å². The lowest BCUT2D eigenvalue weighted by molar-refractivity contribution is 1.46. The van der Waals surface area contributed by atoms with Gasteiger partial charge in [0.2, 0.25) is 0 Å². The van der Waals surface area contributed by atoms with Crippen molar-refractivity contribution in [1.82, 2.24) is 0 Å². The molecule has 0 amide bonds. The van der Waals surface area contributed by atoms with Crippen LogP contribution in [-0.2, 0) is 0 Å². The second-order valence-electron chi connectivity index (χ2n) is 6.78. The van der Waals surface area contributed by atoms with Gasteiger partial charge in [-0.2, -0.15) is 0 Å². The molecule has 1 atom stereocenters. The highest BCUT2D eigenvalue weighted by atomic mass is 35.7. The Morgan fingerprint density at radius 1 is 0.882 bits per heavy atom. The number of hydrogen-bond acceptors (Lipinski definition) is 0. The van der Waals surface area contributed by atoms with Crippen LogP contribution >= 0.6 is 18.5 Å². The van der Waals surface area contributed by atoms with Crippen LogP contribution < -0.4 is 5.30 Å². The molecular formula is C13H24ClPSi2. The first-order valence-electron chi connectivity index (χ1n) is 6.14. The van der Waals surface area contributed by atoms with Gasteiger partial charge in [0.25, 0.3) is 0 Å². The van der Waals surface area contributed by atoms with Crippen LogP contribution in [0, 0.1) is 0 Å². The Labute approximate surface area is 114 Å². The van der Waals surface area contributed by atoms with Crippen molar-refractivity contribution in [3.8, 4) is 0 Å². The standard InChI is InChI=1S/C13H24ClPSi2/c1-16(2,3)13(17(4,5)6)15(14)12-10-8-7-9-11-12/h7-11,13H,1-6H3/t15-/m1/s1. The van der Waals surface area contributed by atoms with E-state index in [4.69, 9.17) is 11.2 Å². The van der Waals surface area contributed by atoms with Gasteiger partial charge < -0.3 is 0 Å². The smallest absolute Gasteiger partial charge is 0.0510 e. The summed E-state index contributed by atoms with van der Waals surface area (Å²) in [4.78, 5) is 0.772. The number of halogens is 1. The van der Waals surface area contributed by atoms with Crippen LogP contribution in [0.5, 0.6) is 0 Å². The van der Waals surface area contributed by atoms with Crippen molar-refractivity contribution >= 4 is 40.0 Å². The molecule has 0 aromatic heterocycles. The van der Waals surface area contributed by atoms with Crippen molar-refractivity contribution in [3.63, 3.8) is 0 Å². The zero-order valence-electron chi connectivity index (χ0n) is 11.8. The van der Waals surface area contributed by atoms with Gasteiger partial charge in [-0.15, -0.1) is 0 Å². The summed E-state index contributed by atoms with van der Waals surface area (Å²) in [5.74, 6) is 0. The van der Waals surface area contributed by atoms with Crippen molar-refractivity contribution in [2.45, 2.75) is 44.2 Å². The molecule has 0 unspecified atom stereocenters. The van der Waals surface area contributed by atoms with Crippen LogP contribution in [0.2, 0.25) is 39.3 Å². The fourth-order valence-corrected chi connectivity index (χ4v) is 25.8. The molecule has 0 aliphatic rings. The maximum atomic E-state index is 6.88. The van der Waals surface area contributed by atoms with Crippen molar-refractivity contribution in [2.24, 2.45) is 0 Å². The average molecular weight is 303 g/mol. The predicted molar refractivity (Wildman–Crippen MR) is 89.3 cm³/mol. The van der Waals surface area contributed by atoms with Crippen LogP contribution in [0.3, 0.4) is 0 Å². The fourth-order valence-electron chi connectivity index (χ4n) is 2.70. The SMILES string of the molecule is C[Si](C)(C)C([P@](Cl)c1ccccc1)[Si](C)(C)C. The number of rotatable bonds is 4. The van der Waals surface area contributed by atoms with Gasteiger partial charge in [0, 0.05) is 7.27 Å². The van der Waals surface area contributed by atoms with E-state index in [0.717, 1.165) is 4.91 Å². The zero-order valence-corrected chi connectivity index (χ0v) is 15.4. The second kappa shape index (κ2) is 5.56. The zero-order chi connectivity index (χ0) is 13.3. The Kier molecular flexibility index (Phi) is 5.05. The molecule has 0 spiro atoms. The Balaban J connectivity index is 3.09. The lowest BCUT2D eigenvalue weighted by Crippen LogP contribution is -2.53. The molecule has 0 heterocycles. The monoisotopic (exact) mass is 302 g/mol. The molecule has 0 N–H and O–H groups in total. The first-order chi connectivity index (χ1) is 7.64. The summed E-state index contributed by atoms with van der Waals surface area (Å²) in [6.07, 6.45) is 0. The van der Waals surface area contributed by atoms with Crippen molar-refractivity contribution in [3.05, 3.63) is 30.3 Å². The minimum Gasteiger partial charge on any atom is -0.0915 e. The minimum absolute atomic E-state index is 0.520. The molecule has 0 saturated heterocycles. The molecule has 96 valence electrons. The van der Waals surface area contributed by atoms with E-state index in [9.17, 15) is 0 Å². The normalized spacial score (nSPS) is 15.1. The minimum atomic E-state index is -1.21. The molecule has 17 heavy (non-hydrogen) atoms. The van der Waals surface area contributed by atoms with Crippen molar-refractivity contribution in [2.75, 3.05) is 0 Å². The van der Waals surface area contributed by atoms with Gasteiger partial charge in [0.05, 0.1) is 16.1 Å². The topological polar surface area (TPSA) is 0 Å². The van der Waals surface area contributed by atoms with Gasteiger partial charge in [0.1, 0.15) is 0 Å². The van der Waals surface area contributed by atoms with Gasteiger partial charge in [-0.1, -0.05) is 80.9 Å². The van der Waals surface area contributed by atoms with E-state index in [1.807, 2.05) is 0 Å². The highest BCUT2D eigenvalue weighted by molar-refractivity contribution is 7.93. The van der Waals surface area contributed by atoms with Crippen LogP contribution in [0.25, 0.3) is 0 Å². The summed E-state index contributed by atoms with van der Waals surface area (Å²) in [5, 5.41) is 1.36. The van der Waals surface area contributed by atoms with E-state index in [2.05, 4.69) is 69.6 Å². The molecule has 0 aliphatic carbocycles. The Hall–Kier alpha value is 0.374. The van der Waals surface area contributed by atoms with E-state index in [-0.39, 0.29) is 0 Å². The summed E-state index contributed by atoms with van der Waals surface area (Å²) >= 11 is 6.88. The summed E-state index contributed by atoms with van der Waals surface area (Å²) < 4.78 is 0. The van der Waals surface area contributed by atoms with Gasteiger partial charge >= 0.3 is 0 Å². The molecule has 1 aromatic rings. The Morgan fingerprint density at radius 3 is 1.65 bits per heavy atom. The second-order valence-corrected chi connectivity index (χ2v) is 21.7. The van der Waals surface area contributed by atoms with E-state index in [1.54, 1.807) is 0 Å². The highest BCUT2D eigenvalue weighted by Gasteiger charge is 2.42. The molecule has 0 aliphatic heterocycles. The molecule has 4 heteroatoms. The quantitative estimate of drug-likeness (QED) is 0.538. The molecule has 1 aromatic carbocycles. The summed E-state index contributed by atoms with van der Waals surface area (Å²) in [5.41, 5.74) is 0. The Morgan fingerprint density at radius 2 is 1.29 bits per heavy atom. The first kappa shape index (κ1) is 15.4. The van der Waals surface area contributed by atoms with Gasteiger partial charge in [0.15, 0.2) is 0 Å². The fraction of sp³-hybridized carbons (Fsp3) is 0.538. The third-order valence-corrected chi connectivity index (χ3v) is 20.9. The van der Waals surface area contributed by atoms with Crippen molar-refractivity contribution in [1.29, 1.82) is 0 Å². The molecule has 0 nitrogen and oxygen atoms in total. The van der Waals surface area contributed by atoms with Crippen LogP contribution in [-0.4, -0.2) is 21.1 Å². The molecule has 0 saturated carbocycles. The van der Waals surface area contributed by atoms with Crippen molar-refractivity contribution < 1.29 is 0 Å². The summed E-state index contributed by atoms with van der Waals surface area (Å²) in [7, 11) is -2.94. The third-order valence-electron chi connectivity index (χ3n) is 2.87. The first-order valence-corrected chi connectivity index (χ1v) is 15.6. The van der Waals surface area contributed by atoms with Crippen LogP contribution in [0.15, 0.2) is 30.3 Å². The molecule has 0 fully saturated rings. The molecule has 0 radical (unpaired) electrons. The lowest BCUT2D eigenvalue weighted by Gasteiger charge is -2.41. The number of hydrogen-bond donors (Lipinski definition) is 0. The molecule has 0 bridgehead atoms. The predicted octanol–water partition coefficient (Wildman–Crippen LogP) is 5.07. The van der Waals surface area contributed by atoms with Gasteiger partial charge in [-0.25, -0.2) is 0 Å². The van der Waals surface area contributed by atoms with Crippen LogP contribution in [0.1, 0.15) is 0 Å². The van der Waals surface area contributed by atoms with Gasteiger partial charge in [-0.05, 0) is 10.2 Å². The van der Waals surface area contributed by atoms with E-state index < -0.39 is 23.4 Å². The van der Waals surface area contributed by atoms with E-state index >= 15 is 0 Å². The highest BCUT2D eigenvalue weighted by Crippen LogP contribution is 2.52. The summed E-state index contributed by atoms with van der Waals surface area (Å²) in [6, 6.07) is 10.7. The van der Waals surface area contributed by atoms with Crippen LogP contribution in [0.4, 0.5) is 0 Å². The lowest BCUT2D eigenvalue weighted by atomic mass is 10.4. The van der Waals surface area contributed by atoms with Gasteiger partial charge in [-0.3, -0.25) is 0 Å². The average Bonchev–Trinajstić information content (AvgIpc) is 2.14. The molecular weight excluding hydrogens is 279 g/mol. The Bertz CT molecular complexity index is 340. The summed E-state index contributed by atoms with van der Waals surface area (Å²) in [6.45, 7) is 14.8. The molecule has 1 rings (SSSR count). The maximum Gasteiger partial charge on any atom is 0.0510 e. The van der Waals surface area contributed by atoms with E-state index in [0.29, 0.717) is 0 Å². The third kappa shape index (κ3) is 4.20. The maximum absolute atomic E-state index is 6.88. The largest absolute Gasteiger partial charge is 0.0915 e.